The third-order valence-corrected chi connectivity index (χ3v) is 4.25. The van der Waals surface area contributed by atoms with Gasteiger partial charge in [0.05, 0.1) is 6.26 Å². The largest absolute Gasteiger partial charge is 0.354 e. The quantitative estimate of drug-likeness (QED) is 0.868. The summed E-state index contributed by atoms with van der Waals surface area (Å²) in [6.45, 7) is 6.33. The smallest absolute Gasteiger partial charge is 0.225 e. The summed E-state index contributed by atoms with van der Waals surface area (Å²) in [5.41, 5.74) is 0.445. The van der Waals surface area contributed by atoms with Crippen LogP contribution in [0.5, 0.6) is 0 Å². The second-order valence-corrected chi connectivity index (χ2v) is 8.07. The van der Waals surface area contributed by atoms with E-state index in [9.17, 15) is 13.2 Å². The zero-order valence-corrected chi connectivity index (χ0v) is 13.9. The monoisotopic (exact) mass is 312 g/mol. The molecule has 0 bridgehead atoms. The molecule has 0 saturated heterocycles. The number of hydrogen-bond donors (Lipinski definition) is 1. The Bertz CT molecular complexity index is 562. The summed E-state index contributed by atoms with van der Waals surface area (Å²) in [6, 6.07) is 9.39. The highest BCUT2D eigenvalue weighted by Gasteiger charge is 2.22. The number of carbonyl (C=O) groups is 1. The van der Waals surface area contributed by atoms with E-state index in [1.807, 2.05) is 51.1 Å². The lowest BCUT2D eigenvalue weighted by atomic mass is 9.96. The average Bonchev–Trinajstić information content (AvgIpc) is 2.36. The molecule has 1 amide bonds. The molecule has 1 aromatic carbocycles. The van der Waals surface area contributed by atoms with Crippen LogP contribution in [0.2, 0.25) is 0 Å². The van der Waals surface area contributed by atoms with Crippen molar-refractivity contribution in [3.05, 3.63) is 35.9 Å². The van der Waals surface area contributed by atoms with Gasteiger partial charge in [-0.3, -0.25) is 4.79 Å². The van der Waals surface area contributed by atoms with Crippen LogP contribution in [-0.2, 0) is 21.4 Å². The van der Waals surface area contributed by atoms with Crippen molar-refractivity contribution in [2.75, 3.05) is 19.3 Å². The van der Waals surface area contributed by atoms with E-state index in [2.05, 4.69) is 5.32 Å². The summed E-state index contributed by atoms with van der Waals surface area (Å²) in [7, 11) is -3.31. The summed E-state index contributed by atoms with van der Waals surface area (Å²) in [4.78, 5) is 11.8. The first-order valence-corrected chi connectivity index (χ1v) is 8.73. The molecule has 0 aliphatic carbocycles. The van der Waals surface area contributed by atoms with Crippen molar-refractivity contribution in [2.45, 2.75) is 27.3 Å². The Balaban J connectivity index is 2.63. The van der Waals surface area contributed by atoms with Crippen LogP contribution in [0, 0.1) is 5.41 Å². The summed E-state index contributed by atoms with van der Waals surface area (Å²) < 4.78 is 25.0. The molecule has 118 valence electrons. The van der Waals surface area contributed by atoms with Crippen molar-refractivity contribution in [2.24, 2.45) is 5.41 Å². The lowest BCUT2D eigenvalue weighted by Crippen LogP contribution is -2.41. The van der Waals surface area contributed by atoms with Crippen LogP contribution in [0.1, 0.15) is 26.3 Å². The van der Waals surface area contributed by atoms with E-state index in [1.165, 1.54) is 10.6 Å². The molecule has 1 N–H and O–H groups in total. The van der Waals surface area contributed by atoms with Gasteiger partial charge in [-0.2, -0.15) is 4.31 Å². The number of carbonyl (C=O) groups excluding carboxylic acids is 1. The molecule has 0 aliphatic rings. The number of sulfonamides is 1. The molecule has 0 heterocycles. The number of benzene rings is 1. The van der Waals surface area contributed by atoms with Gasteiger partial charge in [0.1, 0.15) is 0 Å². The minimum atomic E-state index is -3.31. The number of rotatable bonds is 6. The Hall–Kier alpha value is -1.40. The molecule has 1 rings (SSSR count). The van der Waals surface area contributed by atoms with Crippen molar-refractivity contribution < 1.29 is 13.2 Å². The van der Waals surface area contributed by atoms with E-state index in [-0.39, 0.29) is 12.5 Å². The summed E-state index contributed by atoms with van der Waals surface area (Å²) in [5.74, 6) is -0.0873. The van der Waals surface area contributed by atoms with Crippen molar-refractivity contribution in [1.82, 2.24) is 9.62 Å². The van der Waals surface area contributed by atoms with E-state index >= 15 is 0 Å². The zero-order chi connectivity index (χ0) is 16.1. The third-order valence-electron chi connectivity index (χ3n) is 3.00. The van der Waals surface area contributed by atoms with Gasteiger partial charge in [0.25, 0.3) is 0 Å². The maximum Gasteiger partial charge on any atom is 0.225 e. The first-order chi connectivity index (χ1) is 9.60. The van der Waals surface area contributed by atoms with Gasteiger partial charge in [0.15, 0.2) is 0 Å². The van der Waals surface area contributed by atoms with Gasteiger partial charge in [-0.05, 0) is 5.56 Å². The van der Waals surface area contributed by atoms with Gasteiger partial charge >= 0.3 is 0 Å². The van der Waals surface area contributed by atoms with Crippen LogP contribution in [0.3, 0.4) is 0 Å². The van der Waals surface area contributed by atoms with Crippen LogP contribution in [0.25, 0.3) is 0 Å². The highest BCUT2D eigenvalue weighted by Crippen LogP contribution is 2.12. The topological polar surface area (TPSA) is 66.5 Å². The van der Waals surface area contributed by atoms with Crippen molar-refractivity contribution in [3.63, 3.8) is 0 Å². The molecule has 0 radical (unpaired) electrons. The standard InChI is InChI=1S/C15H24N2O3S/c1-15(2,3)14(18)16-10-11-17(21(4,19)20)12-13-8-6-5-7-9-13/h5-9H,10-12H2,1-4H3,(H,16,18). The van der Waals surface area contributed by atoms with E-state index < -0.39 is 15.4 Å². The minimum Gasteiger partial charge on any atom is -0.354 e. The summed E-state index contributed by atoms with van der Waals surface area (Å²) >= 11 is 0. The number of amides is 1. The molecule has 0 unspecified atom stereocenters. The molecule has 0 fully saturated rings. The van der Waals surface area contributed by atoms with Crippen LogP contribution in [-0.4, -0.2) is 38.0 Å². The van der Waals surface area contributed by atoms with Crippen LogP contribution >= 0.6 is 0 Å². The highest BCUT2D eigenvalue weighted by molar-refractivity contribution is 7.88. The second kappa shape index (κ2) is 7.04. The third kappa shape index (κ3) is 6.27. The summed E-state index contributed by atoms with van der Waals surface area (Å²) in [6.07, 6.45) is 1.18. The first-order valence-electron chi connectivity index (χ1n) is 6.88. The van der Waals surface area contributed by atoms with Gasteiger partial charge in [-0.1, -0.05) is 51.1 Å². The molecule has 0 spiro atoms. The number of nitrogens with zero attached hydrogens (tertiary/aromatic N) is 1. The van der Waals surface area contributed by atoms with Crippen LogP contribution in [0.4, 0.5) is 0 Å². The molecule has 6 heteroatoms. The molecule has 5 nitrogen and oxygen atoms in total. The van der Waals surface area contributed by atoms with Gasteiger partial charge in [0, 0.05) is 25.0 Å². The molecule has 21 heavy (non-hydrogen) atoms. The fourth-order valence-electron chi connectivity index (χ4n) is 1.71. The van der Waals surface area contributed by atoms with E-state index in [4.69, 9.17) is 0 Å². The zero-order valence-electron chi connectivity index (χ0n) is 13.1. The van der Waals surface area contributed by atoms with Crippen molar-refractivity contribution >= 4 is 15.9 Å². The normalized spacial score (nSPS) is 12.4. The molecular weight excluding hydrogens is 288 g/mol. The Morgan fingerprint density at radius 2 is 1.76 bits per heavy atom. The van der Waals surface area contributed by atoms with Gasteiger partial charge in [-0.25, -0.2) is 8.42 Å². The lowest BCUT2D eigenvalue weighted by Gasteiger charge is -2.22. The minimum absolute atomic E-state index is 0.0873. The molecule has 1 aromatic rings. The Morgan fingerprint density at radius 3 is 2.24 bits per heavy atom. The fourth-order valence-corrected chi connectivity index (χ4v) is 2.51. The predicted octanol–water partition coefficient (Wildman–Crippen LogP) is 1.61. The Morgan fingerprint density at radius 1 is 1.19 bits per heavy atom. The van der Waals surface area contributed by atoms with Gasteiger partial charge < -0.3 is 5.32 Å². The van der Waals surface area contributed by atoms with E-state index in [1.54, 1.807) is 0 Å². The van der Waals surface area contributed by atoms with E-state index in [0.717, 1.165) is 5.56 Å². The lowest BCUT2D eigenvalue weighted by molar-refractivity contribution is -0.128. The SMILES string of the molecule is CC(C)(C)C(=O)NCCN(Cc1ccccc1)S(C)(=O)=O. The first kappa shape index (κ1) is 17.7. The molecule has 0 aliphatic heterocycles. The van der Waals surface area contributed by atoms with Crippen LogP contribution in [0.15, 0.2) is 30.3 Å². The molecule has 0 aromatic heterocycles. The Labute approximate surface area is 127 Å². The maximum atomic E-state index is 11.8. The fraction of sp³-hybridized carbons (Fsp3) is 0.533. The maximum absolute atomic E-state index is 11.8. The molecule has 0 atom stereocenters. The predicted molar refractivity (Wildman–Crippen MR) is 84.2 cm³/mol. The van der Waals surface area contributed by atoms with Crippen molar-refractivity contribution in [3.8, 4) is 0 Å². The van der Waals surface area contributed by atoms with Crippen LogP contribution < -0.4 is 5.32 Å². The average molecular weight is 312 g/mol. The number of nitrogens with one attached hydrogen (secondary N) is 1. The molecule has 0 saturated carbocycles. The Kier molecular flexibility index (Phi) is 5.92. The van der Waals surface area contributed by atoms with Gasteiger partial charge in [-0.15, -0.1) is 0 Å². The summed E-state index contributed by atoms with van der Waals surface area (Å²) in [5, 5.41) is 2.77. The number of hydrogen-bond acceptors (Lipinski definition) is 3. The second-order valence-electron chi connectivity index (χ2n) is 6.09. The highest BCUT2D eigenvalue weighted by atomic mass is 32.2. The van der Waals surface area contributed by atoms with E-state index in [0.29, 0.717) is 13.1 Å². The molecular formula is C15H24N2O3S. The van der Waals surface area contributed by atoms with Gasteiger partial charge in [0.2, 0.25) is 15.9 Å². The van der Waals surface area contributed by atoms with Crippen molar-refractivity contribution in [1.29, 1.82) is 0 Å².